The number of anilines is 2. The second kappa shape index (κ2) is 9.32. The number of carbonyl (C=O) groups excluding carboxylic acids is 1. The van der Waals surface area contributed by atoms with E-state index in [-0.39, 0.29) is 16.5 Å². The van der Waals surface area contributed by atoms with Gasteiger partial charge in [-0.1, -0.05) is 0 Å². The van der Waals surface area contributed by atoms with E-state index >= 15 is 0 Å². The normalized spacial score (nSPS) is 10.9. The number of carbonyl (C=O) groups is 1. The van der Waals surface area contributed by atoms with Crippen LogP contribution in [0.4, 0.5) is 11.4 Å². The molecule has 0 radical (unpaired) electrons. The van der Waals surface area contributed by atoms with Crippen molar-refractivity contribution in [1.29, 1.82) is 0 Å². The molecule has 0 atom stereocenters. The molecular weight excluding hydrogens is 384 g/mol. The molecule has 2 aromatic carbocycles. The number of methoxy groups -OCH3 is 1. The zero-order valence-corrected chi connectivity index (χ0v) is 17.1. The third kappa shape index (κ3) is 5.29. The average molecular weight is 408 g/mol. The average Bonchev–Trinajstić information content (AvgIpc) is 2.64. The van der Waals surface area contributed by atoms with Crippen molar-refractivity contribution in [3.63, 3.8) is 0 Å². The Labute approximate surface area is 164 Å². The minimum absolute atomic E-state index is 0.00371. The third-order valence-electron chi connectivity index (χ3n) is 3.61. The first-order chi connectivity index (χ1) is 13.3. The third-order valence-corrected chi connectivity index (χ3v) is 4.97. The van der Waals surface area contributed by atoms with Gasteiger partial charge in [-0.2, -0.15) is 0 Å². The van der Waals surface area contributed by atoms with Crippen LogP contribution in [0.5, 0.6) is 17.2 Å². The minimum atomic E-state index is -3.96. The Balaban J connectivity index is 2.43. The number of hydrogen-bond donors (Lipinski definition) is 2. The zero-order valence-electron chi connectivity index (χ0n) is 16.2. The molecule has 0 heterocycles. The van der Waals surface area contributed by atoms with Gasteiger partial charge in [0.1, 0.15) is 5.75 Å². The van der Waals surface area contributed by atoms with E-state index in [0.29, 0.717) is 36.1 Å². The largest absolute Gasteiger partial charge is 0.497 e. The predicted octanol–water partition coefficient (Wildman–Crippen LogP) is 3.25. The van der Waals surface area contributed by atoms with Crippen molar-refractivity contribution in [2.24, 2.45) is 0 Å². The number of hydrogen-bond acceptors (Lipinski definition) is 6. The van der Waals surface area contributed by atoms with E-state index in [9.17, 15) is 13.2 Å². The first-order valence-electron chi connectivity index (χ1n) is 8.68. The minimum Gasteiger partial charge on any atom is -0.497 e. The molecule has 28 heavy (non-hydrogen) atoms. The molecule has 2 aromatic rings. The molecule has 8 nitrogen and oxygen atoms in total. The standard InChI is InChI=1S/C19H24N2O6S/c1-5-26-18-10-8-15(12-19(18)27-6-2)28(23,24)21-17-11-14(25-4)7-9-16(17)20-13(3)22/h7-12,21H,5-6H2,1-4H3,(H,20,22). The Hall–Kier alpha value is -2.94. The van der Waals surface area contributed by atoms with E-state index in [2.05, 4.69) is 10.0 Å². The van der Waals surface area contributed by atoms with Gasteiger partial charge in [0, 0.05) is 19.1 Å². The van der Waals surface area contributed by atoms with Gasteiger partial charge in [-0.15, -0.1) is 0 Å². The Morgan fingerprint density at radius 1 is 0.964 bits per heavy atom. The van der Waals surface area contributed by atoms with Crippen LogP contribution >= 0.6 is 0 Å². The Bertz CT molecular complexity index is 943. The monoisotopic (exact) mass is 408 g/mol. The summed E-state index contributed by atoms with van der Waals surface area (Å²) >= 11 is 0. The molecule has 0 aliphatic heterocycles. The smallest absolute Gasteiger partial charge is 0.262 e. The molecule has 0 bridgehead atoms. The molecule has 0 aliphatic carbocycles. The molecule has 1 amide bonds. The van der Waals surface area contributed by atoms with E-state index in [1.165, 1.54) is 32.2 Å². The molecule has 9 heteroatoms. The Kier molecular flexibility index (Phi) is 7.11. The fourth-order valence-corrected chi connectivity index (χ4v) is 3.52. The van der Waals surface area contributed by atoms with Crippen LogP contribution in [-0.4, -0.2) is 34.6 Å². The van der Waals surface area contributed by atoms with E-state index in [4.69, 9.17) is 14.2 Å². The zero-order chi connectivity index (χ0) is 20.7. The summed E-state index contributed by atoms with van der Waals surface area (Å²) < 4.78 is 44.4. The van der Waals surface area contributed by atoms with Gasteiger partial charge in [0.2, 0.25) is 5.91 Å². The SMILES string of the molecule is CCOc1ccc(S(=O)(=O)Nc2cc(OC)ccc2NC(C)=O)cc1OCC. The molecule has 0 saturated heterocycles. The van der Waals surface area contributed by atoms with Gasteiger partial charge in [-0.3, -0.25) is 9.52 Å². The summed E-state index contributed by atoms with van der Waals surface area (Å²) in [6.07, 6.45) is 0. The van der Waals surface area contributed by atoms with Crippen LogP contribution in [0.15, 0.2) is 41.3 Å². The van der Waals surface area contributed by atoms with Gasteiger partial charge < -0.3 is 19.5 Å². The highest BCUT2D eigenvalue weighted by molar-refractivity contribution is 7.92. The highest BCUT2D eigenvalue weighted by Gasteiger charge is 2.20. The fourth-order valence-electron chi connectivity index (χ4n) is 2.44. The summed E-state index contributed by atoms with van der Waals surface area (Å²) in [5.41, 5.74) is 0.495. The predicted molar refractivity (Wildman–Crippen MR) is 107 cm³/mol. The molecule has 2 N–H and O–H groups in total. The summed E-state index contributed by atoms with van der Waals surface area (Å²) in [4.78, 5) is 11.4. The molecule has 0 aliphatic rings. The molecule has 0 aromatic heterocycles. The van der Waals surface area contributed by atoms with Crippen molar-refractivity contribution >= 4 is 27.3 Å². The molecule has 0 fully saturated rings. The summed E-state index contributed by atoms with van der Waals surface area (Å²) in [7, 11) is -2.50. The van der Waals surface area contributed by atoms with Crippen molar-refractivity contribution in [2.75, 3.05) is 30.4 Å². The maximum atomic E-state index is 12.9. The summed E-state index contributed by atoms with van der Waals surface area (Å²) in [6.45, 7) is 5.75. The van der Waals surface area contributed by atoms with Gasteiger partial charge in [0.05, 0.1) is 36.6 Å². The van der Waals surface area contributed by atoms with Gasteiger partial charge in [-0.25, -0.2) is 8.42 Å². The Morgan fingerprint density at radius 2 is 1.64 bits per heavy atom. The Morgan fingerprint density at radius 3 is 2.25 bits per heavy atom. The van der Waals surface area contributed by atoms with Crippen molar-refractivity contribution in [1.82, 2.24) is 0 Å². The van der Waals surface area contributed by atoms with Gasteiger partial charge in [0.25, 0.3) is 10.0 Å². The highest BCUT2D eigenvalue weighted by Crippen LogP contribution is 2.33. The van der Waals surface area contributed by atoms with E-state index in [1.54, 1.807) is 25.1 Å². The topological polar surface area (TPSA) is 103 Å². The van der Waals surface area contributed by atoms with Crippen LogP contribution in [0.1, 0.15) is 20.8 Å². The molecule has 2 rings (SSSR count). The van der Waals surface area contributed by atoms with Gasteiger partial charge >= 0.3 is 0 Å². The lowest BCUT2D eigenvalue weighted by Crippen LogP contribution is -2.16. The maximum absolute atomic E-state index is 12.9. The van der Waals surface area contributed by atoms with E-state index in [1.807, 2.05) is 6.92 Å². The lowest BCUT2D eigenvalue weighted by atomic mass is 10.2. The van der Waals surface area contributed by atoms with Crippen molar-refractivity contribution in [3.05, 3.63) is 36.4 Å². The van der Waals surface area contributed by atoms with Crippen molar-refractivity contribution in [3.8, 4) is 17.2 Å². The van der Waals surface area contributed by atoms with Gasteiger partial charge in [-0.05, 0) is 38.1 Å². The summed E-state index contributed by atoms with van der Waals surface area (Å²) in [5.74, 6) is 0.905. The number of rotatable bonds is 9. The first-order valence-corrected chi connectivity index (χ1v) is 10.2. The van der Waals surface area contributed by atoms with E-state index in [0.717, 1.165) is 0 Å². The van der Waals surface area contributed by atoms with E-state index < -0.39 is 10.0 Å². The molecule has 0 spiro atoms. The molecular formula is C19H24N2O6S. The lowest BCUT2D eigenvalue weighted by Gasteiger charge is -2.16. The quantitative estimate of drug-likeness (QED) is 0.660. The van der Waals surface area contributed by atoms with Crippen LogP contribution in [-0.2, 0) is 14.8 Å². The molecule has 0 unspecified atom stereocenters. The summed E-state index contributed by atoms with van der Waals surface area (Å²) in [5, 5.41) is 2.59. The van der Waals surface area contributed by atoms with Crippen LogP contribution in [0.25, 0.3) is 0 Å². The second-order valence-electron chi connectivity index (χ2n) is 5.67. The number of amides is 1. The first kappa shape index (κ1) is 21.4. The molecule has 0 saturated carbocycles. The van der Waals surface area contributed by atoms with Gasteiger partial charge in [0.15, 0.2) is 11.5 Å². The maximum Gasteiger partial charge on any atom is 0.262 e. The number of sulfonamides is 1. The van der Waals surface area contributed by atoms with Crippen molar-refractivity contribution < 1.29 is 27.4 Å². The lowest BCUT2D eigenvalue weighted by molar-refractivity contribution is -0.114. The number of ether oxygens (including phenoxy) is 3. The second-order valence-corrected chi connectivity index (χ2v) is 7.36. The van der Waals surface area contributed by atoms with Crippen LogP contribution in [0.2, 0.25) is 0 Å². The number of nitrogens with one attached hydrogen (secondary N) is 2. The number of benzene rings is 2. The fraction of sp³-hybridized carbons (Fsp3) is 0.316. The van der Waals surface area contributed by atoms with Crippen LogP contribution in [0, 0.1) is 0 Å². The summed E-state index contributed by atoms with van der Waals surface area (Å²) in [6, 6.07) is 9.03. The van der Waals surface area contributed by atoms with Crippen molar-refractivity contribution in [2.45, 2.75) is 25.7 Å². The van der Waals surface area contributed by atoms with Crippen LogP contribution in [0.3, 0.4) is 0 Å². The molecule has 152 valence electrons. The highest BCUT2D eigenvalue weighted by atomic mass is 32.2. The van der Waals surface area contributed by atoms with Crippen LogP contribution < -0.4 is 24.2 Å².